The quantitative estimate of drug-likeness (QED) is 0.871. The lowest BCUT2D eigenvalue weighted by Gasteiger charge is -2.07. The first kappa shape index (κ1) is 13.7. The molecule has 0 aliphatic carbocycles. The molecular weight excluding hydrogens is 263 g/mol. The summed E-state index contributed by atoms with van der Waals surface area (Å²) in [6, 6.07) is 6.63. The van der Waals surface area contributed by atoms with Crippen molar-refractivity contribution in [3.63, 3.8) is 0 Å². The van der Waals surface area contributed by atoms with E-state index in [1.807, 2.05) is 13.8 Å². The van der Waals surface area contributed by atoms with Crippen molar-refractivity contribution in [3.05, 3.63) is 41.7 Å². The summed E-state index contributed by atoms with van der Waals surface area (Å²) in [5.41, 5.74) is 5.65. The van der Waals surface area contributed by atoms with E-state index in [1.54, 1.807) is 18.2 Å². The molecule has 2 N–H and O–H groups in total. The minimum atomic E-state index is -0.237. The Labute approximate surface area is 115 Å². The first-order chi connectivity index (χ1) is 9.06. The van der Waals surface area contributed by atoms with Gasteiger partial charge in [-0.1, -0.05) is 26.0 Å². The van der Waals surface area contributed by atoms with Crippen molar-refractivity contribution in [1.82, 2.24) is 15.0 Å². The fraction of sp³-hybridized carbons (Fsp3) is 0.308. The molecule has 6 heteroatoms. The molecule has 100 valence electrons. The second-order valence-corrected chi connectivity index (χ2v) is 5.36. The number of rotatable bonds is 4. The average molecular weight is 278 g/mol. The molecule has 2 aromatic rings. The summed E-state index contributed by atoms with van der Waals surface area (Å²) in [6.07, 6.45) is 0. The van der Waals surface area contributed by atoms with Crippen molar-refractivity contribution in [2.75, 3.05) is 5.73 Å². The summed E-state index contributed by atoms with van der Waals surface area (Å²) in [6.45, 7) is 3.98. The Morgan fingerprint density at radius 2 is 1.95 bits per heavy atom. The summed E-state index contributed by atoms with van der Waals surface area (Å²) < 4.78 is 13.5. The average Bonchev–Trinajstić information content (AvgIpc) is 2.37. The summed E-state index contributed by atoms with van der Waals surface area (Å²) in [5.74, 6) is 1.86. The normalized spacial score (nSPS) is 10.9. The Bertz CT molecular complexity index is 574. The van der Waals surface area contributed by atoms with E-state index in [0.29, 0.717) is 22.3 Å². The lowest BCUT2D eigenvalue weighted by atomic mass is 10.2. The predicted molar refractivity (Wildman–Crippen MR) is 74.3 cm³/mol. The minimum Gasteiger partial charge on any atom is -0.368 e. The monoisotopic (exact) mass is 278 g/mol. The Kier molecular flexibility index (Phi) is 4.31. The fourth-order valence-electron chi connectivity index (χ4n) is 1.48. The second kappa shape index (κ2) is 5.97. The van der Waals surface area contributed by atoms with E-state index in [9.17, 15) is 4.39 Å². The molecule has 0 amide bonds. The van der Waals surface area contributed by atoms with E-state index in [0.717, 1.165) is 0 Å². The summed E-state index contributed by atoms with van der Waals surface area (Å²) in [7, 11) is 0. The molecule has 19 heavy (non-hydrogen) atoms. The maximum absolute atomic E-state index is 13.5. The Hall–Kier alpha value is -1.69. The number of thioether (sulfide) groups is 1. The third-order valence-corrected chi connectivity index (χ3v) is 3.47. The van der Waals surface area contributed by atoms with Gasteiger partial charge in [-0.3, -0.25) is 0 Å². The zero-order chi connectivity index (χ0) is 13.8. The van der Waals surface area contributed by atoms with Crippen molar-refractivity contribution >= 4 is 17.7 Å². The number of hydrogen-bond acceptors (Lipinski definition) is 5. The largest absolute Gasteiger partial charge is 0.368 e. The van der Waals surface area contributed by atoms with Crippen LogP contribution >= 0.6 is 11.8 Å². The lowest BCUT2D eigenvalue weighted by Crippen LogP contribution is -2.07. The topological polar surface area (TPSA) is 64.7 Å². The summed E-state index contributed by atoms with van der Waals surface area (Å²) >= 11 is 1.35. The zero-order valence-electron chi connectivity index (χ0n) is 10.8. The van der Waals surface area contributed by atoms with E-state index < -0.39 is 0 Å². The molecule has 0 saturated heterocycles. The van der Waals surface area contributed by atoms with Gasteiger partial charge in [-0.15, -0.1) is 11.8 Å². The fourth-order valence-corrected chi connectivity index (χ4v) is 2.28. The summed E-state index contributed by atoms with van der Waals surface area (Å²) in [4.78, 5) is 13.1. The standard InChI is InChI=1S/C13H15FN4S/c1-8(2)12-16-11(17-13(15)18-12)7-19-10-6-4-3-5-9(10)14/h3-6,8H,7H2,1-2H3,(H2,15,16,17,18). The van der Waals surface area contributed by atoms with Crippen molar-refractivity contribution in [1.29, 1.82) is 0 Å². The van der Waals surface area contributed by atoms with Crippen LogP contribution in [0.2, 0.25) is 0 Å². The van der Waals surface area contributed by atoms with E-state index in [2.05, 4.69) is 15.0 Å². The number of halogens is 1. The van der Waals surface area contributed by atoms with Gasteiger partial charge >= 0.3 is 0 Å². The van der Waals surface area contributed by atoms with Gasteiger partial charge in [0.15, 0.2) is 0 Å². The molecule has 1 heterocycles. The van der Waals surface area contributed by atoms with Gasteiger partial charge in [0.05, 0.1) is 5.75 Å². The number of hydrogen-bond donors (Lipinski definition) is 1. The van der Waals surface area contributed by atoms with E-state index in [1.165, 1.54) is 17.8 Å². The predicted octanol–water partition coefficient (Wildman–Crippen LogP) is 3.01. The van der Waals surface area contributed by atoms with Crippen LogP contribution in [-0.2, 0) is 5.75 Å². The van der Waals surface area contributed by atoms with Gasteiger partial charge in [0.1, 0.15) is 17.5 Å². The number of anilines is 1. The summed E-state index contributed by atoms with van der Waals surface area (Å²) in [5, 5.41) is 0. The number of nitrogen functional groups attached to an aromatic ring is 1. The highest BCUT2D eigenvalue weighted by Gasteiger charge is 2.09. The molecule has 0 saturated carbocycles. The molecule has 0 bridgehead atoms. The minimum absolute atomic E-state index is 0.183. The maximum Gasteiger partial charge on any atom is 0.223 e. The molecule has 1 aromatic carbocycles. The molecule has 0 aliphatic rings. The third kappa shape index (κ3) is 3.64. The number of aromatic nitrogens is 3. The highest BCUT2D eigenvalue weighted by atomic mass is 32.2. The second-order valence-electron chi connectivity index (χ2n) is 4.34. The van der Waals surface area contributed by atoms with Crippen molar-refractivity contribution in [3.8, 4) is 0 Å². The van der Waals surface area contributed by atoms with Gasteiger partial charge in [-0.2, -0.15) is 9.97 Å². The van der Waals surface area contributed by atoms with Gasteiger partial charge in [-0.25, -0.2) is 9.37 Å². The molecule has 0 spiro atoms. The molecule has 0 atom stereocenters. The Morgan fingerprint density at radius 3 is 2.63 bits per heavy atom. The first-order valence-electron chi connectivity index (χ1n) is 5.94. The van der Waals surface area contributed by atoms with Crippen LogP contribution in [0.5, 0.6) is 0 Å². The molecule has 0 radical (unpaired) electrons. The van der Waals surface area contributed by atoms with Crippen LogP contribution in [0.4, 0.5) is 10.3 Å². The molecule has 1 aromatic heterocycles. The molecule has 0 aliphatic heterocycles. The van der Waals surface area contributed by atoms with Crippen LogP contribution in [-0.4, -0.2) is 15.0 Å². The number of nitrogens with zero attached hydrogens (tertiary/aromatic N) is 3. The van der Waals surface area contributed by atoms with Crippen LogP contribution in [0.15, 0.2) is 29.2 Å². The maximum atomic E-state index is 13.5. The van der Waals surface area contributed by atoms with Crippen LogP contribution in [0.1, 0.15) is 31.4 Å². The lowest BCUT2D eigenvalue weighted by molar-refractivity contribution is 0.602. The van der Waals surface area contributed by atoms with E-state index in [-0.39, 0.29) is 17.7 Å². The smallest absolute Gasteiger partial charge is 0.223 e. The van der Waals surface area contributed by atoms with Gasteiger partial charge in [0, 0.05) is 10.8 Å². The molecule has 4 nitrogen and oxygen atoms in total. The highest BCUT2D eigenvalue weighted by Crippen LogP contribution is 2.24. The van der Waals surface area contributed by atoms with Crippen LogP contribution in [0.25, 0.3) is 0 Å². The van der Waals surface area contributed by atoms with Gasteiger partial charge in [0.25, 0.3) is 0 Å². The van der Waals surface area contributed by atoms with Gasteiger partial charge in [0.2, 0.25) is 5.95 Å². The number of nitrogens with two attached hydrogens (primary N) is 1. The van der Waals surface area contributed by atoms with Crippen LogP contribution < -0.4 is 5.73 Å². The first-order valence-corrected chi connectivity index (χ1v) is 6.92. The van der Waals surface area contributed by atoms with Crippen LogP contribution in [0.3, 0.4) is 0 Å². The highest BCUT2D eigenvalue weighted by molar-refractivity contribution is 7.98. The number of benzene rings is 1. The van der Waals surface area contributed by atoms with Gasteiger partial charge in [-0.05, 0) is 12.1 Å². The van der Waals surface area contributed by atoms with E-state index in [4.69, 9.17) is 5.73 Å². The van der Waals surface area contributed by atoms with E-state index >= 15 is 0 Å². The van der Waals surface area contributed by atoms with Crippen molar-refractivity contribution in [2.45, 2.75) is 30.4 Å². The third-order valence-electron chi connectivity index (χ3n) is 2.43. The zero-order valence-corrected chi connectivity index (χ0v) is 11.6. The molecule has 0 fully saturated rings. The Morgan fingerprint density at radius 1 is 1.21 bits per heavy atom. The molecule has 2 rings (SSSR count). The van der Waals surface area contributed by atoms with Crippen molar-refractivity contribution < 1.29 is 4.39 Å². The van der Waals surface area contributed by atoms with Gasteiger partial charge < -0.3 is 5.73 Å². The SMILES string of the molecule is CC(C)c1nc(N)nc(CSc2ccccc2F)n1. The Balaban J connectivity index is 2.14. The van der Waals surface area contributed by atoms with Crippen LogP contribution in [0, 0.1) is 5.82 Å². The molecular formula is C13H15FN4S. The molecule has 0 unspecified atom stereocenters. The van der Waals surface area contributed by atoms with Crippen molar-refractivity contribution in [2.24, 2.45) is 0 Å².